The summed E-state index contributed by atoms with van der Waals surface area (Å²) < 4.78 is 7.28. The van der Waals surface area contributed by atoms with Crippen LogP contribution in [0.1, 0.15) is 53.4 Å². The Hall–Kier alpha value is -1.42. The van der Waals surface area contributed by atoms with E-state index in [9.17, 15) is 4.79 Å². The quantitative estimate of drug-likeness (QED) is 0.414. The topological polar surface area (TPSA) is 26.3 Å². The predicted octanol–water partition coefficient (Wildman–Crippen LogP) is 5.57. The molecule has 4 heteroatoms. The molecule has 0 saturated heterocycles. The highest BCUT2D eigenvalue weighted by Crippen LogP contribution is 2.40. The van der Waals surface area contributed by atoms with Gasteiger partial charge in [0.2, 0.25) is 0 Å². The van der Waals surface area contributed by atoms with Crippen LogP contribution < -0.4 is 10.4 Å². The highest BCUT2D eigenvalue weighted by atomic mass is 35.5. The summed E-state index contributed by atoms with van der Waals surface area (Å²) in [7, 11) is -2.61. The number of carbonyl (C=O) groups excluding carboxylic acids is 1. The minimum atomic E-state index is -2.61. The van der Waals surface area contributed by atoms with Gasteiger partial charge in [0.1, 0.15) is 5.78 Å². The summed E-state index contributed by atoms with van der Waals surface area (Å²) in [5.74, 6) is 1.42. The number of benzene rings is 2. The fraction of sp³-hybridized carbons (Fsp3) is 0.500. The summed E-state index contributed by atoms with van der Waals surface area (Å²) in [6, 6.07) is 21.5. The van der Waals surface area contributed by atoms with E-state index in [1.807, 2.05) is 0 Å². The molecule has 0 spiro atoms. The van der Waals surface area contributed by atoms with Crippen molar-refractivity contribution in [2.24, 2.45) is 11.8 Å². The molecule has 2 aromatic rings. The fourth-order valence-corrected chi connectivity index (χ4v) is 10.2. The molecule has 0 bridgehead atoms. The zero-order valence-corrected chi connectivity index (χ0v) is 20.5. The number of Topliss-reactive ketones (excluding diaryl/α,β-unsaturated/α-hetero) is 1. The third-order valence-electron chi connectivity index (χ3n) is 6.77. The second-order valence-electron chi connectivity index (χ2n) is 9.70. The van der Waals surface area contributed by atoms with Crippen molar-refractivity contribution in [1.29, 1.82) is 0 Å². The number of hydrogen-bond donors (Lipinski definition) is 0. The Bertz CT molecular complexity index is 768. The van der Waals surface area contributed by atoms with E-state index in [0.717, 1.165) is 25.7 Å². The van der Waals surface area contributed by atoms with Crippen LogP contribution in [-0.2, 0) is 9.22 Å². The molecule has 0 aromatic heterocycles. The number of alkyl halides is 1. The van der Waals surface area contributed by atoms with Crippen molar-refractivity contribution in [3.05, 3.63) is 60.7 Å². The minimum absolute atomic E-state index is 0.00845. The zero-order valence-electron chi connectivity index (χ0n) is 18.7. The summed E-state index contributed by atoms with van der Waals surface area (Å²) in [5.41, 5.74) is 0. The SMILES string of the molecule is CC(=O)C1CCC(C(CCl)O[Si](c2ccccc2)(c2ccccc2)C(C)(C)C)CC1. The Balaban J connectivity index is 2.01. The van der Waals surface area contributed by atoms with Gasteiger partial charge in [-0.05, 0) is 53.9 Å². The van der Waals surface area contributed by atoms with Gasteiger partial charge in [-0.2, -0.15) is 0 Å². The van der Waals surface area contributed by atoms with E-state index in [4.69, 9.17) is 16.0 Å². The van der Waals surface area contributed by atoms with Crippen molar-refractivity contribution >= 4 is 36.1 Å². The van der Waals surface area contributed by atoms with Gasteiger partial charge in [-0.1, -0.05) is 81.4 Å². The summed E-state index contributed by atoms with van der Waals surface area (Å²) in [6.07, 6.45) is 3.93. The molecule has 0 radical (unpaired) electrons. The average molecular weight is 443 g/mol. The molecule has 0 heterocycles. The standard InChI is InChI=1S/C26H35ClO2Si/c1-20(28)21-15-17-22(18-16-21)25(19-27)29-30(26(2,3)4,23-11-7-5-8-12-23)24-13-9-6-10-14-24/h5-14,21-22,25H,15-19H2,1-4H3. The molecule has 1 fully saturated rings. The van der Waals surface area contributed by atoms with Crippen LogP contribution in [0.4, 0.5) is 0 Å². The first kappa shape index (κ1) is 23.2. The fourth-order valence-electron chi connectivity index (χ4n) is 5.07. The summed E-state index contributed by atoms with van der Waals surface area (Å²) in [6.45, 7) is 8.63. The third kappa shape index (κ3) is 4.74. The molecule has 2 nitrogen and oxygen atoms in total. The molecule has 0 amide bonds. The second-order valence-corrected chi connectivity index (χ2v) is 14.3. The van der Waals surface area contributed by atoms with Crippen LogP contribution in [0.25, 0.3) is 0 Å². The van der Waals surface area contributed by atoms with Crippen molar-refractivity contribution in [3.8, 4) is 0 Å². The Labute approximate surface area is 188 Å². The Morgan fingerprint density at radius 1 is 0.967 bits per heavy atom. The predicted molar refractivity (Wildman–Crippen MR) is 129 cm³/mol. The van der Waals surface area contributed by atoms with Crippen LogP contribution in [0.15, 0.2) is 60.7 Å². The number of halogens is 1. The van der Waals surface area contributed by atoms with E-state index >= 15 is 0 Å². The number of hydrogen-bond acceptors (Lipinski definition) is 2. The molecular formula is C26H35ClO2Si. The first-order chi connectivity index (χ1) is 14.3. The number of ketones is 1. The monoisotopic (exact) mass is 442 g/mol. The molecule has 2 aromatic carbocycles. The van der Waals surface area contributed by atoms with Gasteiger partial charge in [-0.15, -0.1) is 11.6 Å². The van der Waals surface area contributed by atoms with Crippen LogP contribution in [0.2, 0.25) is 5.04 Å². The first-order valence-corrected chi connectivity index (χ1v) is 13.6. The van der Waals surface area contributed by atoms with E-state index in [1.165, 1.54) is 10.4 Å². The average Bonchev–Trinajstić information content (AvgIpc) is 2.75. The van der Waals surface area contributed by atoms with Gasteiger partial charge in [0.15, 0.2) is 0 Å². The molecule has 0 N–H and O–H groups in total. The molecule has 3 rings (SSSR count). The van der Waals surface area contributed by atoms with E-state index in [1.54, 1.807) is 6.92 Å². The Morgan fingerprint density at radius 2 is 1.43 bits per heavy atom. The van der Waals surface area contributed by atoms with Crippen LogP contribution in [0.5, 0.6) is 0 Å². The van der Waals surface area contributed by atoms with Gasteiger partial charge in [0.25, 0.3) is 8.32 Å². The lowest BCUT2D eigenvalue weighted by Gasteiger charge is -2.47. The van der Waals surface area contributed by atoms with Gasteiger partial charge in [0.05, 0.1) is 6.10 Å². The van der Waals surface area contributed by atoms with Gasteiger partial charge in [0, 0.05) is 11.8 Å². The third-order valence-corrected chi connectivity index (χ3v) is 12.1. The summed E-state index contributed by atoms with van der Waals surface area (Å²) >= 11 is 6.56. The largest absolute Gasteiger partial charge is 0.403 e. The Morgan fingerprint density at radius 3 is 1.80 bits per heavy atom. The molecular weight excluding hydrogens is 408 g/mol. The number of carbonyl (C=O) groups is 1. The summed E-state index contributed by atoms with van der Waals surface area (Å²) in [5, 5.41) is 2.52. The smallest absolute Gasteiger partial charge is 0.261 e. The van der Waals surface area contributed by atoms with E-state index in [-0.39, 0.29) is 17.1 Å². The maximum atomic E-state index is 11.8. The van der Waals surface area contributed by atoms with Crippen LogP contribution in [0, 0.1) is 11.8 Å². The van der Waals surface area contributed by atoms with E-state index in [0.29, 0.717) is 17.6 Å². The van der Waals surface area contributed by atoms with E-state index < -0.39 is 8.32 Å². The maximum absolute atomic E-state index is 11.8. The molecule has 1 atom stereocenters. The van der Waals surface area contributed by atoms with Gasteiger partial charge in [-0.25, -0.2) is 0 Å². The molecule has 30 heavy (non-hydrogen) atoms. The molecule has 0 aliphatic heterocycles. The maximum Gasteiger partial charge on any atom is 0.261 e. The second kappa shape index (κ2) is 9.80. The van der Waals surface area contributed by atoms with Crippen LogP contribution in [-0.4, -0.2) is 26.1 Å². The van der Waals surface area contributed by atoms with Crippen LogP contribution in [0.3, 0.4) is 0 Å². The van der Waals surface area contributed by atoms with Gasteiger partial charge < -0.3 is 4.43 Å². The molecule has 1 aliphatic carbocycles. The lowest BCUT2D eigenvalue weighted by molar-refractivity contribution is -0.122. The number of rotatable bonds is 7. The van der Waals surface area contributed by atoms with Crippen LogP contribution >= 0.6 is 11.6 Å². The highest BCUT2D eigenvalue weighted by Gasteiger charge is 2.52. The first-order valence-electron chi connectivity index (χ1n) is 11.1. The highest BCUT2D eigenvalue weighted by molar-refractivity contribution is 6.99. The summed E-state index contributed by atoms with van der Waals surface area (Å²) in [4.78, 5) is 11.8. The van der Waals surface area contributed by atoms with Gasteiger partial charge >= 0.3 is 0 Å². The molecule has 162 valence electrons. The van der Waals surface area contributed by atoms with Crippen molar-refractivity contribution in [2.45, 2.75) is 64.5 Å². The lowest BCUT2D eigenvalue weighted by Crippen LogP contribution is -2.68. The minimum Gasteiger partial charge on any atom is -0.403 e. The molecule has 1 aliphatic rings. The molecule has 1 saturated carbocycles. The Kier molecular flexibility index (Phi) is 7.60. The lowest BCUT2D eigenvalue weighted by atomic mass is 9.78. The van der Waals surface area contributed by atoms with Crippen molar-refractivity contribution in [2.75, 3.05) is 5.88 Å². The zero-order chi connectivity index (χ0) is 21.8. The van der Waals surface area contributed by atoms with Crippen molar-refractivity contribution in [1.82, 2.24) is 0 Å². The normalized spacial score (nSPS) is 21.2. The van der Waals surface area contributed by atoms with Crippen molar-refractivity contribution < 1.29 is 9.22 Å². The van der Waals surface area contributed by atoms with Gasteiger partial charge in [-0.3, -0.25) is 4.79 Å². The molecule has 1 unspecified atom stereocenters. The van der Waals surface area contributed by atoms with E-state index in [2.05, 4.69) is 81.4 Å². The van der Waals surface area contributed by atoms with Crippen molar-refractivity contribution in [3.63, 3.8) is 0 Å².